The summed E-state index contributed by atoms with van der Waals surface area (Å²) < 4.78 is 0. The van der Waals surface area contributed by atoms with Crippen LogP contribution in [0.3, 0.4) is 0 Å². The Balaban J connectivity index is 1.71. The average molecular weight is 373 g/mol. The van der Waals surface area contributed by atoms with Crippen LogP contribution in [0.25, 0.3) is 10.2 Å². The summed E-state index contributed by atoms with van der Waals surface area (Å²) in [6.07, 6.45) is 9.48. The molecular formula is C19H21ClN4S. The van der Waals surface area contributed by atoms with Crippen molar-refractivity contribution in [2.75, 3.05) is 18.0 Å². The molecule has 3 aromatic heterocycles. The number of hydrogen-bond donors (Lipinski definition) is 0. The van der Waals surface area contributed by atoms with E-state index in [2.05, 4.69) is 38.9 Å². The van der Waals surface area contributed by atoms with E-state index in [-0.39, 0.29) is 0 Å². The van der Waals surface area contributed by atoms with E-state index < -0.39 is 0 Å². The van der Waals surface area contributed by atoms with E-state index in [4.69, 9.17) is 11.6 Å². The van der Waals surface area contributed by atoms with Gasteiger partial charge in [-0.15, -0.1) is 11.3 Å². The molecule has 25 heavy (non-hydrogen) atoms. The molecule has 0 atom stereocenters. The first-order valence-corrected chi connectivity index (χ1v) is 10.1. The van der Waals surface area contributed by atoms with Crippen molar-refractivity contribution >= 4 is 39.0 Å². The Bertz CT molecular complexity index is 878. The van der Waals surface area contributed by atoms with Gasteiger partial charge in [0.2, 0.25) is 5.28 Å². The van der Waals surface area contributed by atoms with Gasteiger partial charge in [0.05, 0.1) is 5.39 Å². The third-order valence-electron chi connectivity index (χ3n) is 4.87. The van der Waals surface area contributed by atoms with Crippen LogP contribution in [0.4, 0.5) is 5.82 Å². The molecule has 0 spiro atoms. The first kappa shape index (κ1) is 16.7. The summed E-state index contributed by atoms with van der Waals surface area (Å²) in [6, 6.07) is 4.14. The Morgan fingerprint density at radius 2 is 1.96 bits per heavy atom. The Labute approximate surface area is 156 Å². The molecule has 0 fully saturated rings. The number of likely N-dealkylation sites (N-methyl/N-ethyl adjacent to an activating group) is 1. The van der Waals surface area contributed by atoms with E-state index in [0.29, 0.717) is 5.28 Å². The van der Waals surface area contributed by atoms with E-state index in [1.54, 1.807) is 11.3 Å². The number of nitrogens with zero attached hydrogens (tertiary/aromatic N) is 4. The second-order valence-corrected chi connectivity index (χ2v) is 7.81. The van der Waals surface area contributed by atoms with Crippen molar-refractivity contribution < 1.29 is 0 Å². The Kier molecular flexibility index (Phi) is 4.86. The third kappa shape index (κ3) is 3.35. The monoisotopic (exact) mass is 372 g/mol. The smallest absolute Gasteiger partial charge is 0.225 e. The number of anilines is 1. The maximum atomic E-state index is 6.26. The van der Waals surface area contributed by atoms with Crippen molar-refractivity contribution in [3.63, 3.8) is 0 Å². The second-order valence-electron chi connectivity index (χ2n) is 6.39. The second kappa shape index (κ2) is 7.26. The zero-order valence-corrected chi connectivity index (χ0v) is 15.9. The third-order valence-corrected chi connectivity index (χ3v) is 6.22. The van der Waals surface area contributed by atoms with Gasteiger partial charge in [0.15, 0.2) is 0 Å². The van der Waals surface area contributed by atoms with Crippen molar-refractivity contribution in [1.29, 1.82) is 0 Å². The summed E-state index contributed by atoms with van der Waals surface area (Å²) in [6.45, 7) is 3.99. The lowest BCUT2D eigenvalue weighted by atomic mass is 9.97. The van der Waals surface area contributed by atoms with Crippen LogP contribution < -0.4 is 4.90 Å². The van der Waals surface area contributed by atoms with Gasteiger partial charge in [-0.25, -0.2) is 4.98 Å². The van der Waals surface area contributed by atoms with Crippen molar-refractivity contribution in [3.05, 3.63) is 45.8 Å². The minimum absolute atomic E-state index is 0.350. The fourth-order valence-electron chi connectivity index (χ4n) is 3.57. The molecule has 130 valence electrons. The number of rotatable bonds is 5. The quantitative estimate of drug-likeness (QED) is 0.609. The van der Waals surface area contributed by atoms with Crippen LogP contribution in [0, 0.1) is 0 Å². The highest BCUT2D eigenvalue weighted by Gasteiger charge is 2.23. The summed E-state index contributed by atoms with van der Waals surface area (Å²) in [5.41, 5.74) is 2.75. The van der Waals surface area contributed by atoms with Crippen LogP contribution in [-0.2, 0) is 19.3 Å². The van der Waals surface area contributed by atoms with Gasteiger partial charge in [0, 0.05) is 30.4 Å². The summed E-state index contributed by atoms with van der Waals surface area (Å²) in [5, 5.41) is 1.59. The number of pyridine rings is 1. The predicted octanol–water partition coefficient (Wildman–Crippen LogP) is 4.69. The number of aromatic nitrogens is 3. The Morgan fingerprint density at radius 1 is 1.16 bits per heavy atom. The van der Waals surface area contributed by atoms with Crippen LogP contribution in [0.5, 0.6) is 0 Å². The molecule has 0 saturated carbocycles. The molecular weight excluding hydrogens is 352 g/mol. The van der Waals surface area contributed by atoms with Gasteiger partial charge < -0.3 is 4.90 Å². The molecule has 0 saturated heterocycles. The Morgan fingerprint density at radius 3 is 2.76 bits per heavy atom. The molecule has 0 N–H and O–H groups in total. The highest BCUT2D eigenvalue weighted by molar-refractivity contribution is 7.19. The van der Waals surface area contributed by atoms with E-state index in [1.807, 2.05) is 12.4 Å². The molecule has 6 heteroatoms. The van der Waals surface area contributed by atoms with E-state index in [9.17, 15) is 0 Å². The molecule has 3 aromatic rings. The first-order chi connectivity index (χ1) is 12.3. The topological polar surface area (TPSA) is 41.9 Å². The standard InChI is InChI=1S/C19H21ClN4S/c1-2-24(12-9-13-7-10-21-11-8-13)17-16-14-5-3-4-6-15(14)25-18(16)23-19(20)22-17/h7-8,10-11H,2-6,9,12H2,1H3. The predicted molar refractivity (Wildman–Crippen MR) is 105 cm³/mol. The lowest BCUT2D eigenvalue weighted by Gasteiger charge is -2.24. The number of hydrogen-bond acceptors (Lipinski definition) is 5. The largest absolute Gasteiger partial charge is 0.356 e. The van der Waals surface area contributed by atoms with E-state index in [1.165, 1.54) is 34.2 Å². The average Bonchev–Trinajstić information content (AvgIpc) is 3.01. The fraction of sp³-hybridized carbons (Fsp3) is 0.421. The molecule has 3 heterocycles. The van der Waals surface area contributed by atoms with Crippen LogP contribution in [0.2, 0.25) is 5.28 Å². The molecule has 0 aliphatic heterocycles. The van der Waals surface area contributed by atoms with Gasteiger partial charge in [-0.05, 0) is 73.9 Å². The van der Waals surface area contributed by atoms with E-state index >= 15 is 0 Å². The molecule has 0 aromatic carbocycles. The van der Waals surface area contributed by atoms with Crippen molar-refractivity contribution in [1.82, 2.24) is 15.0 Å². The molecule has 0 amide bonds. The van der Waals surface area contributed by atoms with Gasteiger partial charge in [0.25, 0.3) is 0 Å². The molecule has 1 aliphatic carbocycles. The van der Waals surface area contributed by atoms with Gasteiger partial charge in [-0.3, -0.25) is 4.98 Å². The maximum Gasteiger partial charge on any atom is 0.225 e. The lowest BCUT2D eigenvalue weighted by Crippen LogP contribution is -2.27. The van der Waals surface area contributed by atoms with Crippen molar-refractivity contribution in [2.24, 2.45) is 0 Å². The summed E-state index contributed by atoms with van der Waals surface area (Å²) in [7, 11) is 0. The van der Waals surface area contributed by atoms with Gasteiger partial charge in [0.1, 0.15) is 10.6 Å². The van der Waals surface area contributed by atoms with Gasteiger partial charge >= 0.3 is 0 Å². The molecule has 0 unspecified atom stereocenters. The Hall–Kier alpha value is -1.72. The van der Waals surface area contributed by atoms with E-state index in [0.717, 1.165) is 43.0 Å². The minimum Gasteiger partial charge on any atom is -0.356 e. The highest BCUT2D eigenvalue weighted by Crippen LogP contribution is 2.40. The van der Waals surface area contributed by atoms with Gasteiger partial charge in [-0.2, -0.15) is 4.98 Å². The number of halogens is 1. The number of aryl methyl sites for hydroxylation is 2. The normalized spacial score (nSPS) is 13.8. The zero-order valence-electron chi connectivity index (χ0n) is 14.3. The molecule has 4 rings (SSSR count). The zero-order chi connectivity index (χ0) is 17.2. The molecule has 0 bridgehead atoms. The van der Waals surface area contributed by atoms with Crippen molar-refractivity contribution in [2.45, 2.75) is 39.0 Å². The van der Waals surface area contributed by atoms with Crippen molar-refractivity contribution in [3.8, 4) is 0 Å². The SMILES string of the molecule is CCN(CCc1ccncc1)c1nc(Cl)nc2sc3c(c12)CCCC3. The highest BCUT2D eigenvalue weighted by atomic mass is 35.5. The lowest BCUT2D eigenvalue weighted by molar-refractivity contribution is 0.699. The molecule has 0 radical (unpaired) electrons. The first-order valence-electron chi connectivity index (χ1n) is 8.88. The number of thiophene rings is 1. The minimum atomic E-state index is 0.350. The summed E-state index contributed by atoms with van der Waals surface area (Å²) in [5.74, 6) is 1.01. The van der Waals surface area contributed by atoms with Crippen LogP contribution in [0.1, 0.15) is 35.8 Å². The van der Waals surface area contributed by atoms with Crippen LogP contribution in [0.15, 0.2) is 24.5 Å². The summed E-state index contributed by atoms with van der Waals surface area (Å²) in [4.78, 5) is 18.1. The number of fused-ring (bicyclic) bond motifs is 3. The van der Waals surface area contributed by atoms with Crippen LogP contribution >= 0.6 is 22.9 Å². The maximum absolute atomic E-state index is 6.26. The molecule has 1 aliphatic rings. The summed E-state index contributed by atoms with van der Waals surface area (Å²) >= 11 is 8.06. The molecule has 4 nitrogen and oxygen atoms in total. The van der Waals surface area contributed by atoms with Crippen LogP contribution in [-0.4, -0.2) is 28.0 Å². The fourth-order valence-corrected chi connectivity index (χ4v) is 5.04. The van der Waals surface area contributed by atoms with Gasteiger partial charge in [-0.1, -0.05) is 0 Å².